The summed E-state index contributed by atoms with van der Waals surface area (Å²) in [6.07, 6.45) is 0. The summed E-state index contributed by atoms with van der Waals surface area (Å²) in [5, 5.41) is 9.26. The Morgan fingerprint density at radius 2 is 1.79 bits per heavy atom. The molecule has 0 unspecified atom stereocenters. The van der Waals surface area contributed by atoms with Gasteiger partial charge in [-0.1, -0.05) is 15.9 Å². The van der Waals surface area contributed by atoms with Crippen LogP contribution in [0.1, 0.15) is 10.4 Å². The summed E-state index contributed by atoms with van der Waals surface area (Å²) in [6.45, 7) is 0.617. The summed E-state index contributed by atoms with van der Waals surface area (Å²) in [7, 11) is -2.99. The van der Waals surface area contributed by atoms with Gasteiger partial charge in [0.25, 0.3) is 0 Å². The second kappa shape index (κ2) is 5.41. The van der Waals surface area contributed by atoms with Gasteiger partial charge in [-0.2, -0.15) is 0 Å². The lowest BCUT2D eigenvalue weighted by Gasteiger charge is -2.30. The van der Waals surface area contributed by atoms with E-state index >= 15 is 0 Å². The average Bonchev–Trinajstić information content (AvgIpc) is 2.29. The highest BCUT2D eigenvalue weighted by Crippen LogP contribution is 2.34. The number of rotatable bonds is 2. The van der Waals surface area contributed by atoms with E-state index in [0.717, 1.165) is 0 Å². The van der Waals surface area contributed by atoms with Crippen molar-refractivity contribution in [2.75, 3.05) is 29.5 Å². The van der Waals surface area contributed by atoms with Crippen LogP contribution in [0.15, 0.2) is 21.1 Å². The first-order chi connectivity index (χ1) is 8.80. The number of carboxylic acid groups (broad SMARTS) is 1. The lowest BCUT2D eigenvalue weighted by atomic mass is 10.1. The summed E-state index contributed by atoms with van der Waals surface area (Å²) in [5.41, 5.74) is 0.686. The molecule has 104 valence electrons. The minimum Gasteiger partial charge on any atom is -0.478 e. The van der Waals surface area contributed by atoms with Gasteiger partial charge in [-0.15, -0.1) is 0 Å². The molecule has 1 heterocycles. The molecule has 0 amide bonds. The minimum atomic E-state index is -2.99. The third-order valence-electron chi connectivity index (χ3n) is 2.92. The van der Waals surface area contributed by atoms with E-state index in [4.69, 9.17) is 0 Å². The third kappa shape index (κ3) is 3.29. The van der Waals surface area contributed by atoms with Crippen molar-refractivity contribution in [3.63, 3.8) is 0 Å². The van der Waals surface area contributed by atoms with E-state index in [9.17, 15) is 18.3 Å². The molecule has 8 heteroatoms. The Hall–Kier alpha value is -0.600. The molecule has 1 saturated heterocycles. The van der Waals surface area contributed by atoms with E-state index in [1.54, 1.807) is 11.0 Å². The van der Waals surface area contributed by atoms with Crippen LogP contribution in [-0.4, -0.2) is 44.1 Å². The Bertz CT molecular complexity index is 616. The van der Waals surface area contributed by atoms with Gasteiger partial charge in [0.05, 0.1) is 22.8 Å². The maximum atomic E-state index is 11.4. The summed E-state index contributed by atoms with van der Waals surface area (Å²) in [5.74, 6) is -0.936. The average molecular weight is 413 g/mol. The number of halogens is 2. The number of nitrogens with zero attached hydrogens (tertiary/aromatic N) is 1. The summed E-state index contributed by atoms with van der Waals surface area (Å²) >= 11 is 6.60. The quantitative estimate of drug-likeness (QED) is 0.805. The number of hydrogen-bond donors (Lipinski definition) is 1. The molecule has 1 aromatic carbocycles. The molecule has 0 bridgehead atoms. The third-order valence-corrected chi connectivity index (χ3v) is 5.59. The predicted molar refractivity (Wildman–Crippen MR) is 79.7 cm³/mol. The van der Waals surface area contributed by atoms with Crippen molar-refractivity contribution < 1.29 is 18.3 Å². The first-order valence-electron chi connectivity index (χ1n) is 5.48. The fourth-order valence-corrected chi connectivity index (χ4v) is 4.66. The number of sulfone groups is 1. The van der Waals surface area contributed by atoms with Crippen LogP contribution in [0.3, 0.4) is 0 Å². The van der Waals surface area contributed by atoms with Gasteiger partial charge in [-0.25, -0.2) is 13.2 Å². The largest absolute Gasteiger partial charge is 0.478 e. The number of carbonyl (C=O) groups is 1. The van der Waals surface area contributed by atoms with Crippen LogP contribution in [0.5, 0.6) is 0 Å². The first kappa shape index (κ1) is 14.8. The highest BCUT2D eigenvalue weighted by atomic mass is 79.9. The van der Waals surface area contributed by atoms with Gasteiger partial charge in [0.1, 0.15) is 0 Å². The van der Waals surface area contributed by atoms with Crippen LogP contribution in [0.4, 0.5) is 5.69 Å². The summed E-state index contributed by atoms with van der Waals surface area (Å²) < 4.78 is 24.1. The minimum absolute atomic E-state index is 0.0502. The second-order valence-corrected chi connectivity index (χ2v) is 8.30. The van der Waals surface area contributed by atoms with Gasteiger partial charge < -0.3 is 10.0 Å². The molecule has 0 spiro atoms. The van der Waals surface area contributed by atoms with Crippen molar-refractivity contribution in [1.29, 1.82) is 0 Å². The number of benzene rings is 1. The molecule has 0 saturated carbocycles. The number of anilines is 1. The number of hydrogen-bond acceptors (Lipinski definition) is 4. The Balaban J connectivity index is 2.42. The van der Waals surface area contributed by atoms with Gasteiger partial charge in [0.2, 0.25) is 0 Å². The Morgan fingerprint density at radius 3 is 2.32 bits per heavy atom. The molecular weight excluding hydrogens is 402 g/mol. The number of aromatic carboxylic acids is 1. The van der Waals surface area contributed by atoms with Crippen molar-refractivity contribution in [1.82, 2.24) is 0 Å². The van der Waals surface area contributed by atoms with Crippen molar-refractivity contribution >= 4 is 53.4 Å². The maximum Gasteiger partial charge on any atom is 0.337 e. The van der Waals surface area contributed by atoms with Crippen LogP contribution >= 0.6 is 31.9 Å². The molecule has 1 aliphatic rings. The van der Waals surface area contributed by atoms with Gasteiger partial charge in [-0.05, 0) is 28.1 Å². The van der Waals surface area contributed by atoms with Crippen LogP contribution in [0, 0.1) is 0 Å². The zero-order valence-electron chi connectivity index (χ0n) is 9.77. The standard InChI is InChI=1S/C11H11Br2NO4S/c12-7-5-8(11(15)16)10(9(13)6-7)14-1-3-19(17,18)4-2-14/h5-6H,1-4H2,(H,15,16). The molecule has 1 aromatic rings. The van der Waals surface area contributed by atoms with Crippen LogP contribution in [-0.2, 0) is 9.84 Å². The van der Waals surface area contributed by atoms with E-state index in [0.29, 0.717) is 27.7 Å². The zero-order chi connectivity index (χ0) is 14.2. The van der Waals surface area contributed by atoms with Gasteiger partial charge in [-0.3, -0.25) is 0 Å². The van der Waals surface area contributed by atoms with Crippen molar-refractivity contribution in [3.05, 3.63) is 26.6 Å². The lowest BCUT2D eigenvalue weighted by molar-refractivity contribution is 0.0697. The van der Waals surface area contributed by atoms with Crippen molar-refractivity contribution in [2.45, 2.75) is 0 Å². The highest BCUT2D eigenvalue weighted by molar-refractivity contribution is 9.11. The first-order valence-corrected chi connectivity index (χ1v) is 8.88. The van der Waals surface area contributed by atoms with E-state index in [2.05, 4.69) is 31.9 Å². The molecule has 1 N–H and O–H groups in total. The SMILES string of the molecule is O=C(O)c1cc(Br)cc(Br)c1N1CCS(=O)(=O)CC1. The normalized spacial score (nSPS) is 18.3. The Labute approximate surface area is 127 Å². The van der Waals surface area contributed by atoms with E-state index < -0.39 is 15.8 Å². The number of carboxylic acids is 1. The molecule has 5 nitrogen and oxygen atoms in total. The second-order valence-electron chi connectivity index (χ2n) is 4.23. The van der Waals surface area contributed by atoms with Gasteiger partial charge in [0, 0.05) is 22.0 Å². The maximum absolute atomic E-state index is 11.4. The van der Waals surface area contributed by atoms with Gasteiger partial charge >= 0.3 is 5.97 Å². The van der Waals surface area contributed by atoms with Crippen molar-refractivity contribution in [3.8, 4) is 0 Å². The van der Waals surface area contributed by atoms with Crippen LogP contribution < -0.4 is 4.90 Å². The predicted octanol–water partition coefficient (Wildman–Crippen LogP) is 2.14. The van der Waals surface area contributed by atoms with E-state index in [1.165, 1.54) is 6.07 Å². The van der Waals surface area contributed by atoms with Gasteiger partial charge in [0.15, 0.2) is 9.84 Å². The van der Waals surface area contributed by atoms with E-state index in [1.807, 2.05) is 0 Å². The smallest absolute Gasteiger partial charge is 0.337 e. The zero-order valence-corrected chi connectivity index (χ0v) is 13.8. The van der Waals surface area contributed by atoms with Crippen LogP contribution in [0.2, 0.25) is 0 Å². The molecule has 0 aliphatic carbocycles. The molecule has 0 atom stereocenters. The topological polar surface area (TPSA) is 74.7 Å². The Kier molecular flexibility index (Phi) is 4.22. The molecule has 0 aromatic heterocycles. The molecule has 19 heavy (non-hydrogen) atoms. The molecule has 0 radical (unpaired) electrons. The molecule has 1 fully saturated rings. The fourth-order valence-electron chi connectivity index (χ4n) is 1.99. The van der Waals surface area contributed by atoms with Crippen LogP contribution in [0.25, 0.3) is 0 Å². The molecular formula is C11H11Br2NO4S. The Morgan fingerprint density at radius 1 is 1.21 bits per heavy atom. The monoisotopic (exact) mass is 411 g/mol. The summed E-state index contributed by atoms with van der Waals surface area (Å²) in [6, 6.07) is 3.27. The molecule has 2 rings (SSSR count). The lowest BCUT2D eigenvalue weighted by Crippen LogP contribution is -2.41. The summed E-state index contributed by atoms with van der Waals surface area (Å²) in [4.78, 5) is 13.1. The molecule has 1 aliphatic heterocycles. The highest BCUT2D eigenvalue weighted by Gasteiger charge is 2.26. The van der Waals surface area contributed by atoms with Crippen molar-refractivity contribution in [2.24, 2.45) is 0 Å². The fraction of sp³-hybridized carbons (Fsp3) is 0.364. The van der Waals surface area contributed by atoms with E-state index in [-0.39, 0.29) is 17.1 Å².